The van der Waals surface area contributed by atoms with Gasteiger partial charge < -0.3 is 9.79 Å². The van der Waals surface area contributed by atoms with Crippen LogP contribution in [-0.2, 0) is 14.5 Å². The Balaban J connectivity index is 3.39. The van der Waals surface area contributed by atoms with E-state index in [0.717, 1.165) is 0 Å². The van der Waals surface area contributed by atoms with Crippen molar-refractivity contribution in [3.63, 3.8) is 0 Å². The van der Waals surface area contributed by atoms with Gasteiger partial charge in [0.1, 0.15) is 0 Å². The van der Waals surface area contributed by atoms with Gasteiger partial charge in [0.15, 0.2) is 0 Å². The Morgan fingerprint density at radius 3 is 2.30 bits per heavy atom. The Morgan fingerprint density at radius 1 is 1.50 bits per heavy atom. The lowest BCUT2D eigenvalue weighted by Gasteiger charge is -2.01. The summed E-state index contributed by atoms with van der Waals surface area (Å²) in [6, 6.07) is 0. The molecule has 0 aliphatic rings. The fourth-order valence-electron chi connectivity index (χ4n) is 0.304. The molecule has 0 rings (SSSR count). The summed E-state index contributed by atoms with van der Waals surface area (Å²) < 4.78 is 10.0. The summed E-state index contributed by atoms with van der Waals surface area (Å²) in [6.45, 7) is -0.550. The SMILES string of the molecule is [O]C(=O)CNCP(=O)(O)O. The van der Waals surface area contributed by atoms with Crippen LogP contribution < -0.4 is 5.32 Å². The van der Waals surface area contributed by atoms with Crippen LogP contribution in [0, 0.1) is 0 Å². The summed E-state index contributed by atoms with van der Waals surface area (Å²) in [5.41, 5.74) is 0. The Labute approximate surface area is 57.0 Å². The van der Waals surface area contributed by atoms with Gasteiger partial charge in [-0.2, -0.15) is 0 Å². The lowest BCUT2D eigenvalue weighted by atomic mass is 10.7. The number of hydrogen-bond acceptors (Lipinski definition) is 3. The van der Waals surface area contributed by atoms with E-state index < -0.39 is 26.4 Å². The molecule has 6 nitrogen and oxygen atoms in total. The highest BCUT2D eigenvalue weighted by atomic mass is 31.2. The van der Waals surface area contributed by atoms with Crippen molar-refractivity contribution in [2.75, 3.05) is 12.8 Å². The zero-order valence-electron chi connectivity index (χ0n) is 4.98. The second-order valence-corrected chi connectivity index (χ2v) is 3.27. The summed E-state index contributed by atoms with van der Waals surface area (Å²) in [5, 5.41) is 11.7. The molecular formula is C3H7NO5P. The molecule has 0 aromatic heterocycles. The largest absolute Gasteiger partial charge is 0.369 e. The van der Waals surface area contributed by atoms with Crippen LogP contribution in [0.4, 0.5) is 0 Å². The summed E-state index contributed by atoms with van der Waals surface area (Å²) in [4.78, 5) is 26.0. The van der Waals surface area contributed by atoms with Gasteiger partial charge in [-0.3, -0.25) is 9.88 Å². The van der Waals surface area contributed by atoms with Crippen molar-refractivity contribution in [2.45, 2.75) is 0 Å². The third-order valence-electron chi connectivity index (χ3n) is 0.587. The van der Waals surface area contributed by atoms with Crippen molar-refractivity contribution in [3.05, 3.63) is 0 Å². The van der Waals surface area contributed by atoms with Crippen LogP contribution in [0.15, 0.2) is 0 Å². The van der Waals surface area contributed by atoms with Crippen LogP contribution >= 0.6 is 7.60 Å². The van der Waals surface area contributed by atoms with E-state index >= 15 is 0 Å². The molecule has 7 heteroatoms. The molecule has 0 saturated carbocycles. The molecule has 0 aliphatic heterocycles. The quantitative estimate of drug-likeness (QED) is 0.451. The highest BCUT2D eigenvalue weighted by Crippen LogP contribution is 2.31. The monoisotopic (exact) mass is 168 g/mol. The van der Waals surface area contributed by atoms with Gasteiger partial charge >= 0.3 is 13.6 Å². The van der Waals surface area contributed by atoms with Crippen molar-refractivity contribution < 1.29 is 24.3 Å². The minimum Gasteiger partial charge on any atom is -0.324 e. The third-order valence-corrected chi connectivity index (χ3v) is 1.22. The fourth-order valence-corrected chi connectivity index (χ4v) is 0.707. The number of rotatable bonds is 4. The maximum atomic E-state index is 10.0. The van der Waals surface area contributed by atoms with E-state index in [1.807, 2.05) is 5.32 Å². The molecule has 10 heavy (non-hydrogen) atoms. The van der Waals surface area contributed by atoms with E-state index in [0.29, 0.717) is 0 Å². The molecule has 0 aromatic carbocycles. The molecule has 0 fully saturated rings. The molecule has 0 amide bonds. The van der Waals surface area contributed by atoms with E-state index in [1.165, 1.54) is 0 Å². The first-order chi connectivity index (χ1) is 4.42. The molecule has 0 bridgehead atoms. The first-order valence-electron chi connectivity index (χ1n) is 2.37. The van der Waals surface area contributed by atoms with Gasteiger partial charge in [0.25, 0.3) is 0 Å². The minimum absolute atomic E-state index is 0.550. The highest BCUT2D eigenvalue weighted by Gasteiger charge is 2.12. The number of nitrogens with one attached hydrogen (secondary N) is 1. The Hall–Kier alpha value is -0.420. The van der Waals surface area contributed by atoms with Gasteiger partial charge in [-0.05, 0) is 0 Å². The van der Waals surface area contributed by atoms with Gasteiger partial charge in [0, 0.05) is 0 Å². The van der Waals surface area contributed by atoms with Crippen LogP contribution in [0.1, 0.15) is 0 Å². The molecule has 0 spiro atoms. The average molecular weight is 168 g/mol. The molecule has 1 radical (unpaired) electrons. The maximum Gasteiger partial charge on any atom is 0.369 e. The lowest BCUT2D eigenvalue weighted by Crippen LogP contribution is -2.22. The van der Waals surface area contributed by atoms with Crippen LogP contribution in [-0.4, -0.2) is 28.6 Å². The Morgan fingerprint density at radius 2 is 2.00 bits per heavy atom. The van der Waals surface area contributed by atoms with Crippen molar-refractivity contribution >= 4 is 13.6 Å². The van der Waals surface area contributed by atoms with Crippen molar-refractivity contribution in [2.24, 2.45) is 0 Å². The molecule has 0 heterocycles. The first kappa shape index (κ1) is 9.58. The molecular weight excluding hydrogens is 161 g/mol. The molecule has 0 saturated heterocycles. The van der Waals surface area contributed by atoms with Crippen molar-refractivity contribution in [1.29, 1.82) is 0 Å². The van der Waals surface area contributed by atoms with E-state index in [9.17, 15) is 14.5 Å². The van der Waals surface area contributed by atoms with Crippen LogP contribution in [0.2, 0.25) is 0 Å². The zero-order valence-corrected chi connectivity index (χ0v) is 5.88. The van der Waals surface area contributed by atoms with Crippen LogP contribution in [0.5, 0.6) is 0 Å². The van der Waals surface area contributed by atoms with Gasteiger partial charge in [0.05, 0.1) is 12.8 Å². The average Bonchev–Trinajstić information content (AvgIpc) is 1.59. The highest BCUT2D eigenvalue weighted by molar-refractivity contribution is 7.51. The maximum absolute atomic E-state index is 10.0. The number of hydrogen-bond donors (Lipinski definition) is 3. The second kappa shape index (κ2) is 3.68. The summed E-state index contributed by atoms with van der Waals surface area (Å²) in [5.74, 6) is -1.39. The van der Waals surface area contributed by atoms with Crippen LogP contribution in [0.3, 0.4) is 0 Å². The second-order valence-electron chi connectivity index (χ2n) is 1.62. The summed E-state index contributed by atoms with van der Waals surface area (Å²) in [7, 11) is -4.12. The topological polar surface area (TPSA) is 107 Å². The number of carbonyl (C=O) groups excluding carboxylic acids is 1. The van der Waals surface area contributed by atoms with Crippen molar-refractivity contribution in [1.82, 2.24) is 5.32 Å². The molecule has 0 atom stereocenters. The van der Waals surface area contributed by atoms with Crippen LogP contribution in [0.25, 0.3) is 0 Å². The first-order valence-corrected chi connectivity index (χ1v) is 4.17. The lowest BCUT2D eigenvalue weighted by molar-refractivity contribution is -0.141. The summed E-state index contributed by atoms with van der Waals surface area (Å²) >= 11 is 0. The molecule has 0 unspecified atom stereocenters. The third kappa shape index (κ3) is 7.58. The summed E-state index contributed by atoms with van der Waals surface area (Å²) in [6.07, 6.45) is -0.638. The van der Waals surface area contributed by atoms with Crippen molar-refractivity contribution in [3.8, 4) is 0 Å². The van der Waals surface area contributed by atoms with E-state index in [2.05, 4.69) is 0 Å². The van der Waals surface area contributed by atoms with Gasteiger partial charge in [-0.1, -0.05) is 0 Å². The molecule has 0 aliphatic carbocycles. The van der Waals surface area contributed by atoms with E-state index in [-0.39, 0.29) is 0 Å². The smallest absolute Gasteiger partial charge is 0.324 e. The van der Waals surface area contributed by atoms with Gasteiger partial charge in [-0.15, -0.1) is 0 Å². The minimum atomic E-state index is -4.12. The zero-order chi connectivity index (χ0) is 8.20. The standard InChI is InChI=1S/C3H7NO5P/c5-3(6)1-4-2-10(7,8)9/h4H,1-2H2,(H2,7,8,9). The predicted octanol–water partition coefficient (Wildman–Crippen LogP) is -1.33. The normalized spacial score (nSPS) is 11.4. The van der Waals surface area contributed by atoms with Gasteiger partial charge in [-0.25, -0.2) is 9.90 Å². The Kier molecular flexibility index (Phi) is 3.52. The molecule has 0 aromatic rings. The molecule has 3 N–H and O–H groups in total. The van der Waals surface area contributed by atoms with E-state index in [4.69, 9.17) is 9.79 Å². The van der Waals surface area contributed by atoms with E-state index in [1.54, 1.807) is 0 Å². The van der Waals surface area contributed by atoms with Gasteiger partial charge in [0.2, 0.25) is 0 Å². The predicted molar refractivity (Wildman–Crippen MR) is 30.6 cm³/mol. The Bertz CT molecular complexity index is 162. The number of carbonyl (C=O) groups is 1. The fraction of sp³-hybridized carbons (Fsp3) is 0.667. The molecule has 59 valence electrons.